The Morgan fingerprint density at radius 1 is 1.06 bits per heavy atom. The molecule has 1 aromatic heterocycles. The van der Waals surface area contributed by atoms with E-state index < -0.39 is 17.2 Å². The molecule has 0 spiro atoms. The monoisotopic (exact) mass is 454 g/mol. The molecule has 7 nitrogen and oxygen atoms in total. The van der Waals surface area contributed by atoms with Gasteiger partial charge in [0.2, 0.25) is 5.43 Å². The maximum Gasteiger partial charge on any atom is 0.341 e. The molecule has 0 amide bonds. The van der Waals surface area contributed by atoms with Gasteiger partial charge in [-0.2, -0.15) is 0 Å². The molecule has 1 saturated heterocycles. The number of carbonyl (C=O) groups is 1. The van der Waals surface area contributed by atoms with Gasteiger partial charge >= 0.3 is 5.97 Å². The van der Waals surface area contributed by atoms with Gasteiger partial charge in [0, 0.05) is 50.9 Å². The fourth-order valence-electron chi connectivity index (χ4n) is 4.47. The van der Waals surface area contributed by atoms with Gasteiger partial charge in [0.15, 0.2) is 0 Å². The Morgan fingerprint density at radius 3 is 2.33 bits per heavy atom. The van der Waals surface area contributed by atoms with Gasteiger partial charge in [-0.15, -0.1) is 0 Å². The molecule has 2 aromatic carbocycles. The molecule has 2 aliphatic rings. The first-order valence-corrected chi connectivity index (χ1v) is 10.9. The summed E-state index contributed by atoms with van der Waals surface area (Å²) in [6.07, 6.45) is 3.19. The van der Waals surface area contributed by atoms with E-state index in [4.69, 9.17) is 0 Å². The van der Waals surface area contributed by atoms with Crippen LogP contribution >= 0.6 is 0 Å². The molecule has 2 heterocycles. The number of fused-ring (bicyclic) bond motifs is 1. The average molecular weight is 454 g/mol. The highest BCUT2D eigenvalue weighted by atomic mass is 19.1. The number of nitrogens with zero attached hydrogens (tertiary/aromatic N) is 4. The molecular formula is C24H24F2N4O3. The second kappa shape index (κ2) is 8.15. The third-order valence-corrected chi connectivity index (χ3v) is 6.49. The maximum atomic E-state index is 15.1. The quantitative estimate of drug-likeness (QED) is 0.637. The summed E-state index contributed by atoms with van der Waals surface area (Å²) in [5.41, 5.74) is 0.840. The molecule has 1 aliphatic carbocycles. The molecule has 0 unspecified atom stereocenters. The van der Waals surface area contributed by atoms with E-state index >= 15 is 4.39 Å². The summed E-state index contributed by atoms with van der Waals surface area (Å²) in [6.45, 7) is 2.40. The molecule has 0 atom stereocenters. The van der Waals surface area contributed by atoms with Gasteiger partial charge in [0.1, 0.15) is 17.2 Å². The van der Waals surface area contributed by atoms with Crippen LogP contribution in [0.15, 0.2) is 47.4 Å². The zero-order valence-corrected chi connectivity index (χ0v) is 18.2. The Balaban J connectivity index is 1.42. The molecule has 2 fully saturated rings. The number of benzene rings is 2. The number of halogens is 2. The minimum Gasteiger partial charge on any atom is -0.477 e. The highest BCUT2D eigenvalue weighted by molar-refractivity contribution is 5.93. The topological polar surface area (TPSA) is 69.0 Å². The highest BCUT2D eigenvalue weighted by Gasteiger charge is 2.29. The molecule has 1 aliphatic heterocycles. The lowest BCUT2D eigenvalue weighted by Crippen LogP contribution is -2.53. The fraction of sp³-hybridized carbons (Fsp3) is 0.333. The minimum absolute atomic E-state index is 0.0951. The maximum absolute atomic E-state index is 15.1. The third-order valence-electron chi connectivity index (χ3n) is 6.49. The standard InChI is InChI=1S/C24H24F2N4O3/c1-27(16-4-2-15(25)3-5-16)29-10-8-28(9-11-29)22-13-21-18(12-20(22)26)23(31)19(24(32)33)14-30(21)17-6-7-17/h2-5,12-14,17H,6-11H2,1H3,(H,32,33). The van der Waals surface area contributed by atoms with Crippen molar-refractivity contribution in [1.82, 2.24) is 9.58 Å². The first kappa shape index (κ1) is 21.4. The average Bonchev–Trinajstić information content (AvgIpc) is 3.65. The number of hydrazine groups is 1. The fourth-order valence-corrected chi connectivity index (χ4v) is 4.47. The first-order valence-electron chi connectivity index (χ1n) is 10.9. The van der Waals surface area contributed by atoms with Crippen LogP contribution < -0.4 is 15.3 Å². The van der Waals surface area contributed by atoms with Crippen molar-refractivity contribution in [3.05, 3.63) is 70.0 Å². The molecule has 1 N–H and O–H groups in total. The molecule has 33 heavy (non-hydrogen) atoms. The number of aromatic nitrogens is 1. The summed E-state index contributed by atoms with van der Waals surface area (Å²) in [5.74, 6) is -2.13. The van der Waals surface area contributed by atoms with Gasteiger partial charge in [0.25, 0.3) is 0 Å². The van der Waals surface area contributed by atoms with Crippen molar-refractivity contribution in [3.8, 4) is 0 Å². The number of anilines is 2. The molecule has 5 rings (SSSR count). The summed E-state index contributed by atoms with van der Waals surface area (Å²) in [5, 5.41) is 13.6. The van der Waals surface area contributed by atoms with Crippen LogP contribution in [0, 0.1) is 11.6 Å². The van der Waals surface area contributed by atoms with Gasteiger partial charge in [-0.1, -0.05) is 0 Å². The Morgan fingerprint density at radius 2 is 1.73 bits per heavy atom. The molecule has 0 bridgehead atoms. The van der Waals surface area contributed by atoms with Gasteiger partial charge < -0.3 is 19.6 Å². The van der Waals surface area contributed by atoms with E-state index in [2.05, 4.69) is 5.01 Å². The van der Waals surface area contributed by atoms with Crippen LogP contribution in [-0.4, -0.2) is 53.9 Å². The van der Waals surface area contributed by atoms with Crippen LogP contribution in [0.2, 0.25) is 0 Å². The van der Waals surface area contributed by atoms with Crippen molar-refractivity contribution < 1.29 is 18.7 Å². The lowest BCUT2D eigenvalue weighted by atomic mass is 10.1. The lowest BCUT2D eigenvalue weighted by molar-refractivity contribution is 0.0695. The van der Waals surface area contributed by atoms with Crippen LogP contribution in [0.3, 0.4) is 0 Å². The predicted molar refractivity (Wildman–Crippen MR) is 122 cm³/mol. The van der Waals surface area contributed by atoms with E-state index in [9.17, 15) is 19.1 Å². The third kappa shape index (κ3) is 3.93. The molecule has 0 radical (unpaired) electrons. The number of piperazine rings is 1. The Bertz CT molecular complexity index is 1280. The first-order chi connectivity index (χ1) is 15.8. The number of hydrogen-bond acceptors (Lipinski definition) is 5. The van der Waals surface area contributed by atoms with Crippen LogP contribution in [0.25, 0.3) is 10.9 Å². The van der Waals surface area contributed by atoms with Crippen molar-refractivity contribution in [2.45, 2.75) is 18.9 Å². The smallest absolute Gasteiger partial charge is 0.341 e. The molecule has 1 saturated carbocycles. The van der Waals surface area contributed by atoms with E-state index in [1.165, 1.54) is 24.4 Å². The molecular weight excluding hydrogens is 430 g/mol. The molecule has 172 valence electrons. The number of hydrogen-bond donors (Lipinski definition) is 1. The zero-order chi connectivity index (χ0) is 23.3. The SMILES string of the molecule is CN(c1ccc(F)cc1)N1CCN(c2cc3c(cc2F)c(=O)c(C(=O)O)cn3C2CC2)CC1. The summed E-state index contributed by atoms with van der Waals surface area (Å²) >= 11 is 0. The number of pyridine rings is 1. The Kier molecular flexibility index (Phi) is 5.28. The van der Waals surface area contributed by atoms with E-state index in [-0.39, 0.29) is 22.8 Å². The number of carboxylic acid groups (broad SMARTS) is 1. The van der Waals surface area contributed by atoms with Crippen molar-refractivity contribution in [2.24, 2.45) is 0 Å². The van der Waals surface area contributed by atoms with Crippen molar-refractivity contribution in [2.75, 3.05) is 43.1 Å². The number of rotatable bonds is 5. The van der Waals surface area contributed by atoms with Crippen LogP contribution in [0.4, 0.5) is 20.2 Å². The van der Waals surface area contributed by atoms with Crippen molar-refractivity contribution in [3.63, 3.8) is 0 Å². The minimum atomic E-state index is -1.30. The molecule has 3 aromatic rings. The van der Waals surface area contributed by atoms with Gasteiger partial charge in [-0.25, -0.2) is 18.6 Å². The van der Waals surface area contributed by atoms with Crippen molar-refractivity contribution in [1.29, 1.82) is 0 Å². The van der Waals surface area contributed by atoms with Crippen LogP contribution in [-0.2, 0) is 0 Å². The summed E-state index contributed by atoms with van der Waals surface area (Å²) in [4.78, 5) is 26.1. The summed E-state index contributed by atoms with van der Waals surface area (Å²) in [6, 6.07) is 9.25. The van der Waals surface area contributed by atoms with Gasteiger partial charge in [0.05, 0.1) is 16.9 Å². The van der Waals surface area contributed by atoms with Gasteiger partial charge in [-0.3, -0.25) is 4.79 Å². The number of aromatic carboxylic acids is 1. The van der Waals surface area contributed by atoms with E-state index in [1.54, 1.807) is 18.2 Å². The van der Waals surface area contributed by atoms with Crippen LogP contribution in [0.5, 0.6) is 0 Å². The Hall–Kier alpha value is -3.46. The second-order valence-electron chi connectivity index (χ2n) is 8.58. The number of carboxylic acids is 1. The highest BCUT2D eigenvalue weighted by Crippen LogP contribution is 2.38. The van der Waals surface area contributed by atoms with Gasteiger partial charge in [-0.05, 0) is 49.2 Å². The normalized spacial score (nSPS) is 16.9. The second-order valence-corrected chi connectivity index (χ2v) is 8.58. The van der Waals surface area contributed by atoms with Crippen LogP contribution in [0.1, 0.15) is 29.2 Å². The lowest BCUT2D eigenvalue weighted by Gasteiger charge is -2.41. The van der Waals surface area contributed by atoms with E-state index in [0.717, 1.165) is 18.5 Å². The summed E-state index contributed by atoms with van der Waals surface area (Å²) < 4.78 is 30.2. The Labute approximate surface area is 189 Å². The van der Waals surface area contributed by atoms with E-state index in [0.29, 0.717) is 37.4 Å². The van der Waals surface area contributed by atoms with Crippen molar-refractivity contribution >= 4 is 28.2 Å². The zero-order valence-electron chi connectivity index (χ0n) is 18.2. The predicted octanol–water partition coefficient (Wildman–Crippen LogP) is 3.49. The largest absolute Gasteiger partial charge is 0.477 e. The van der Waals surface area contributed by atoms with E-state index in [1.807, 2.05) is 21.5 Å². The molecule has 9 heteroatoms. The summed E-state index contributed by atoms with van der Waals surface area (Å²) in [7, 11) is 1.91.